The van der Waals surface area contributed by atoms with Crippen LogP contribution in [-0.2, 0) is 0 Å². The van der Waals surface area contributed by atoms with E-state index in [0.717, 1.165) is 13.0 Å². The second-order valence-electron chi connectivity index (χ2n) is 6.71. The molecule has 0 aliphatic carbocycles. The Balaban J connectivity index is 3.54. The lowest BCUT2D eigenvalue weighted by atomic mass is 9.92. The lowest BCUT2D eigenvalue weighted by Gasteiger charge is -2.25. The van der Waals surface area contributed by atoms with E-state index in [1.54, 1.807) is 0 Å². The molecule has 0 aromatic carbocycles. The first-order chi connectivity index (χ1) is 6.60. The van der Waals surface area contributed by atoms with Gasteiger partial charge in [-0.1, -0.05) is 20.8 Å². The molecule has 0 bridgehead atoms. The minimum Gasteiger partial charge on any atom is -0.326 e. The predicted octanol–water partition coefficient (Wildman–Crippen LogP) is 2.87. The van der Waals surface area contributed by atoms with Gasteiger partial charge in [0.15, 0.2) is 0 Å². The van der Waals surface area contributed by atoms with Crippen molar-refractivity contribution in [1.29, 1.82) is 0 Å². The molecular weight excluding hydrogens is 184 g/mol. The highest BCUT2D eigenvalue weighted by Gasteiger charge is 2.13. The Hall–Kier alpha value is -0.0800. The van der Waals surface area contributed by atoms with Crippen LogP contribution in [0.3, 0.4) is 0 Å². The van der Waals surface area contributed by atoms with Gasteiger partial charge in [-0.25, -0.2) is 0 Å². The van der Waals surface area contributed by atoms with Crippen LogP contribution in [0.1, 0.15) is 53.9 Å². The molecule has 15 heavy (non-hydrogen) atoms. The van der Waals surface area contributed by atoms with Gasteiger partial charge in [0.1, 0.15) is 0 Å². The summed E-state index contributed by atoms with van der Waals surface area (Å²) < 4.78 is 0. The molecule has 0 rings (SSSR count). The quantitative estimate of drug-likeness (QED) is 0.736. The van der Waals surface area contributed by atoms with E-state index in [0.29, 0.717) is 5.41 Å². The predicted molar refractivity (Wildman–Crippen MR) is 69.1 cm³/mol. The summed E-state index contributed by atoms with van der Waals surface area (Å²) >= 11 is 0. The lowest BCUT2D eigenvalue weighted by molar-refractivity contribution is 0.255. The lowest BCUT2D eigenvalue weighted by Crippen LogP contribution is -2.33. The molecule has 0 fully saturated rings. The summed E-state index contributed by atoms with van der Waals surface area (Å²) in [6.07, 6.45) is 3.56. The molecule has 0 unspecified atom stereocenters. The van der Waals surface area contributed by atoms with Gasteiger partial charge in [0, 0.05) is 5.54 Å². The van der Waals surface area contributed by atoms with Crippen molar-refractivity contribution in [2.24, 2.45) is 11.1 Å². The molecule has 2 nitrogen and oxygen atoms in total. The van der Waals surface area contributed by atoms with Gasteiger partial charge in [-0.3, -0.25) is 0 Å². The third-order valence-corrected chi connectivity index (χ3v) is 2.60. The monoisotopic (exact) mass is 214 g/mol. The van der Waals surface area contributed by atoms with Crippen LogP contribution in [0.25, 0.3) is 0 Å². The summed E-state index contributed by atoms with van der Waals surface area (Å²) in [6, 6.07) is 0. The third-order valence-electron chi connectivity index (χ3n) is 2.60. The van der Waals surface area contributed by atoms with Crippen LogP contribution >= 0.6 is 0 Å². The van der Waals surface area contributed by atoms with Crippen molar-refractivity contribution in [2.45, 2.75) is 59.4 Å². The number of hydrogen-bond acceptors (Lipinski definition) is 2. The van der Waals surface area contributed by atoms with Gasteiger partial charge in [-0.15, -0.1) is 0 Å². The largest absolute Gasteiger partial charge is 0.326 e. The zero-order chi connectivity index (χ0) is 12.1. The SMILES string of the molecule is CN(CCCC(C)(C)N)CCC(C)(C)C. The molecule has 0 aliphatic rings. The summed E-state index contributed by atoms with van der Waals surface area (Å²) in [6.45, 7) is 13.4. The van der Waals surface area contributed by atoms with Crippen molar-refractivity contribution in [3.05, 3.63) is 0 Å². The van der Waals surface area contributed by atoms with Crippen molar-refractivity contribution >= 4 is 0 Å². The first-order valence-electron chi connectivity index (χ1n) is 6.08. The van der Waals surface area contributed by atoms with Crippen molar-refractivity contribution in [3.63, 3.8) is 0 Å². The average Bonchev–Trinajstić information content (AvgIpc) is 1.97. The molecule has 2 heteroatoms. The van der Waals surface area contributed by atoms with E-state index in [1.165, 1.54) is 19.4 Å². The number of nitrogens with two attached hydrogens (primary N) is 1. The molecule has 0 radical (unpaired) electrons. The van der Waals surface area contributed by atoms with Crippen LogP contribution in [0.5, 0.6) is 0 Å². The highest BCUT2D eigenvalue weighted by Crippen LogP contribution is 2.18. The van der Waals surface area contributed by atoms with Gasteiger partial charge in [0.2, 0.25) is 0 Å². The molecule has 0 aromatic heterocycles. The standard InChI is InChI=1S/C13H30N2/c1-12(2,3)9-11-15(6)10-7-8-13(4,5)14/h7-11,14H2,1-6H3. The second kappa shape index (κ2) is 5.86. The van der Waals surface area contributed by atoms with E-state index >= 15 is 0 Å². The fourth-order valence-electron chi connectivity index (χ4n) is 1.44. The van der Waals surface area contributed by atoms with Crippen LogP contribution in [-0.4, -0.2) is 30.6 Å². The van der Waals surface area contributed by atoms with Gasteiger partial charge < -0.3 is 10.6 Å². The second-order valence-corrected chi connectivity index (χ2v) is 6.71. The van der Waals surface area contributed by atoms with E-state index in [1.807, 2.05) is 0 Å². The zero-order valence-electron chi connectivity index (χ0n) is 11.6. The van der Waals surface area contributed by atoms with Crippen LogP contribution in [0.2, 0.25) is 0 Å². The van der Waals surface area contributed by atoms with E-state index in [2.05, 4.69) is 46.6 Å². The van der Waals surface area contributed by atoms with E-state index in [4.69, 9.17) is 5.73 Å². The molecule has 0 spiro atoms. The molecule has 0 heterocycles. The van der Waals surface area contributed by atoms with Crippen LogP contribution < -0.4 is 5.73 Å². The topological polar surface area (TPSA) is 29.3 Å². The molecule has 0 aromatic rings. The normalized spacial score (nSPS) is 13.6. The molecule has 0 amide bonds. The number of rotatable bonds is 6. The molecular formula is C13H30N2. The summed E-state index contributed by atoms with van der Waals surface area (Å²) in [5.41, 5.74) is 6.38. The van der Waals surface area contributed by atoms with Gasteiger partial charge >= 0.3 is 0 Å². The third kappa shape index (κ3) is 11.8. The number of hydrogen-bond donors (Lipinski definition) is 1. The molecule has 0 aliphatic heterocycles. The maximum Gasteiger partial charge on any atom is 0.00975 e. The van der Waals surface area contributed by atoms with Gasteiger partial charge in [0.25, 0.3) is 0 Å². The fourth-order valence-corrected chi connectivity index (χ4v) is 1.44. The Bertz CT molecular complexity index is 162. The van der Waals surface area contributed by atoms with Crippen molar-refractivity contribution in [1.82, 2.24) is 4.90 Å². The maximum absolute atomic E-state index is 5.95. The van der Waals surface area contributed by atoms with Crippen molar-refractivity contribution < 1.29 is 0 Å². The Morgan fingerprint density at radius 3 is 1.87 bits per heavy atom. The van der Waals surface area contributed by atoms with Crippen LogP contribution in [0.4, 0.5) is 0 Å². The molecule has 0 atom stereocenters. The first-order valence-corrected chi connectivity index (χ1v) is 6.08. The van der Waals surface area contributed by atoms with E-state index in [9.17, 15) is 0 Å². The summed E-state index contributed by atoms with van der Waals surface area (Å²) in [5, 5.41) is 0. The Morgan fingerprint density at radius 1 is 0.933 bits per heavy atom. The van der Waals surface area contributed by atoms with Crippen LogP contribution in [0, 0.1) is 5.41 Å². The van der Waals surface area contributed by atoms with Crippen molar-refractivity contribution in [2.75, 3.05) is 20.1 Å². The average molecular weight is 214 g/mol. The zero-order valence-corrected chi connectivity index (χ0v) is 11.6. The van der Waals surface area contributed by atoms with Gasteiger partial charge in [0.05, 0.1) is 0 Å². The Kier molecular flexibility index (Phi) is 5.82. The summed E-state index contributed by atoms with van der Waals surface area (Å²) in [4.78, 5) is 2.41. The Labute approximate surface area is 96.2 Å². The van der Waals surface area contributed by atoms with Crippen LogP contribution in [0.15, 0.2) is 0 Å². The minimum atomic E-state index is -0.00906. The molecule has 2 N–H and O–H groups in total. The van der Waals surface area contributed by atoms with Gasteiger partial charge in [-0.05, 0) is 58.7 Å². The van der Waals surface area contributed by atoms with Gasteiger partial charge in [-0.2, -0.15) is 0 Å². The fraction of sp³-hybridized carbons (Fsp3) is 1.00. The smallest absolute Gasteiger partial charge is 0.00975 e. The number of nitrogens with zero attached hydrogens (tertiary/aromatic N) is 1. The first kappa shape index (κ1) is 14.9. The maximum atomic E-state index is 5.95. The van der Waals surface area contributed by atoms with Crippen molar-refractivity contribution in [3.8, 4) is 0 Å². The molecule has 0 saturated carbocycles. The highest BCUT2D eigenvalue weighted by atomic mass is 15.1. The molecule has 0 saturated heterocycles. The minimum absolute atomic E-state index is 0.00906. The molecule has 92 valence electrons. The highest BCUT2D eigenvalue weighted by molar-refractivity contribution is 4.72. The van der Waals surface area contributed by atoms with E-state index < -0.39 is 0 Å². The summed E-state index contributed by atoms with van der Waals surface area (Å²) in [5.74, 6) is 0. The summed E-state index contributed by atoms with van der Waals surface area (Å²) in [7, 11) is 2.20. The Morgan fingerprint density at radius 2 is 1.47 bits per heavy atom. The van der Waals surface area contributed by atoms with E-state index in [-0.39, 0.29) is 5.54 Å².